The van der Waals surface area contributed by atoms with Gasteiger partial charge in [0.15, 0.2) is 6.10 Å². The summed E-state index contributed by atoms with van der Waals surface area (Å²) < 4.78 is 11.1. The molecule has 0 N–H and O–H groups in total. The number of nitrogens with zero attached hydrogens (tertiary/aromatic N) is 3. The monoisotopic (exact) mass is 345 g/mol. The van der Waals surface area contributed by atoms with Gasteiger partial charge in [-0.2, -0.15) is 5.26 Å². The first kappa shape index (κ1) is 19.2. The van der Waals surface area contributed by atoms with Crippen LogP contribution in [0.1, 0.15) is 18.9 Å². The molecule has 0 radical (unpaired) electrons. The largest absolute Gasteiger partial charge is 0.481 e. The van der Waals surface area contributed by atoms with E-state index in [1.165, 1.54) is 0 Å². The average molecular weight is 345 g/mol. The zero-order valence-electron chi connectivity index (χ0n) is 15.1. The molecule has 1 amide bonds. The summed E-state index contributed by atoms with van der Waals surface area (Å²) in [7, 11) is 0. The lowest BCUT2D eigenvalue weighted by Gasteiger charge is -2.31. The molecule has 1 saturated heterocycles. The van der Waals surface area contributed by atoms with Gasteiger partial charge in [-0.05, 0) is 26.0 Å². The van der Waals surface area contributed by atoms with Crippen LogP contribution in [0.3, 0.4) is 0 Å². The first-order valence-corrected chi connectivity index (χ1v) is 8.79. The number of hydrogen-bond acceptors (Lipinski definition) is 5. The molecule has 0 bridgehead atoms. The van der Waals surface area contributed by atoms with Crippen molar-refractivity contribution in [2.45, 2.75) is 26.4 Å². The third kappa shape index (κ3) is 6.37. The molecule has 1 aromatic rings. The molecule has 6 heteroatoms. The number of benzene rings is 1. The highest BCUT2D eigenvalue weighted by molar-refractivity contribution is 5.81. The van der Waals surface area contributed by atoms with Crippen LogP contribution in [-0.4, -0.2) is 67.7 Å². The molecule has 1 atom stereocenters. The number of rotatable bonds is 8. The molecule has 6 nitrogen and oxygen atoms in total. The fourth-order valence-electron chi connectivity index (χ4n) is 2.73. The van der Waals surface area contributed by atoms with E-state index < -0.39 is 6.10 Å². The minimum Gasteiger partial charge on any atom is -0.481 e. The zero-order valence-corrected chi connectivity index (χ0v) is 15.1. The number of carbonyl (C=O) groups excluding carboxylic acids is 1. The van der Waals surface area contributed by atoms with Gasteiger partial charge in [-0.1, -0.05) is 17.7 Å². The Morgan fingerprint density at radius 1 is 1.32 bits per heavy atom. The van der Waals surface area contributed by atoms with Gasteiger partial charge < -0.3 is 14.4 Å². The lowest BCUT2D eigenvalue weighted by atomic mass is 10.2. The van der Waals surface area contributed by atoms with Gasteiger partial charge in [0.05, 0.1) is 25.7 Å². The van der Waals surface area contributed by atoms with Gasteiger partial charge in [-0.3, -0.25) is 9.69 Å². The predicted molar refractivity (Wildman–Crippen MR) is 95.3 cm³/mol. The number of nitriles is 1. The van der Waals surface area contributed by atoms with E-state index in [1.54, 1.807) is 11.8 Å². The highest BCUT2D eigenvalue weighted by Gasteiger charge is 2.23. The number of ether oxygens (including phenoxy) is 2. The first-order chi connectivity index (χ1) is 12.1. The van der Waals surface area contributed by atoms with E-state index in [2.05, 4.69) is 11.0 Å². The molecule has 1 unspecified atom stereocenters. The van der Waals surface area contributed by atoms with E-state index in [1.807, 2.05) is 31.2 Å². The maximum Gasteiger partial charge on any atom is 0.263 e. The van der Waals surface area contributed by atoms with Gasteiger partial charge in [0.1, 0.15) is 5.75 Å². The number of carbonyl (C=O) groups is 1. The fraction of sp³-hybridized carbons (Fsp3) is 0.579. The zero-order chi connectivity index (χ0) is 18.1. The summed E-state index contributed by atoms with van der Waals surface area (Å²) in [5.74, 6) is 0.601. The van der Waals surface area contributed by atoms with Crippen molar-refractivity contribution in [2.24, 2.45) is 0 Å². The van der Waals surface area contributed by atoms with Crippen LogP contribution in [0.25, 0.3) is 0 Å². The fourth-order valence-corrected chi connectivity index (χ4v) is 2.73. The Morgan fingerprint density at radius 3 is 2.64 bits per heavy atom. The normalized spacial score (nSPS) is 16.0. The van der Waals surface area contributed by atoms with Crippen LogP contribution in [0.4, 0.5) is 0 Å². The maximum atomic E-state index is 12.7. The van der Waals surface area contributed by atoms with Crippen LogP contribution in [-0.2, 0) is 9.53 Å². The van der Waals surface area contributed by atoms with Gasteiger partial charge in [0, 0.05) is 32.7 Å². The van der Waals surface area contributed by atoms with Crippen molar-refractivity contribution in [2.75, 3.05) is 45.9 Å². The Labute approximate surface area is 149 Å². The molecule has 0 spiro atoms. The summed E-state index contributed by atoms with van der Waals surface area (Å²) in [5.41, 5.74) is 1.15. The molecule has 1 heterocycles. The van der Waals surface area contributed by atoms with E-state index in [0.29, 0.717) is 25.3 Å². The number of hydrogen-bond donors (Lipinski definition) is 0. The molecule has 136 valence electrons. The van der Waals surface area contributed by atoms with Crippen LogP contribution >= 0.6 is 0 Å². The summed E-state index contributed by atoms with van der Waals surface area (Å²) in [4.78, 5) is 16.8. The van der Waals surface area contributed by atoms with Crippen LogP contribution in [0, 0.1) is 18.3 Å². The summed E-state index contributed by atoms with van der Waals surface area (Å²) in [5, 5.41) is 8.87. The minimum absolute atomic E-state index is 0.0796. The molecule has 0 aliphatic carbocycles. The number of amides is 1. The van der Waals surface area contributed by atoms with Crippen LogP contribution in [0.5, 0.6) is 5.75 Å². The van der Waals surface area contributed by atoms with Crippen molar-refractivity contribution >= 4 is 5.91 Å². The standard InChI is InChI=1S/C19H27N3O3/c1-16-4-6-18(7-5-16)25-17(2)19(23)22(9-3-8-20)11-10-21-12-14-24-15-13-21/h4-7,17H,3,9-15H2,1-2H3. The molecule has 0 aromatic heterocycles. The Bertz CT molecular complexity index is 577. The molecular formula is C19H27N3O3. The van der Waals surface area contributed by atoms with Crippen molar-refractivity contribution in [3.8, 4) is 11.8 Å². The lowest BCUT2D eigenvalue weighted by Crippen LogP contribution is -2.46. The molecule has 1 aliphatic heterocycles. The van der Waals surface area contributed by atoms with Crippen molar-refractivity contribution in [3.05, 3.63) is 29.8 Å². The van der Waals surface area contributed by atoms with Crippen LogP contribution in [0.15, 0.2) is 24.3 Å². The number of morpholine rings is 1. The third-order valence-electron chi connectivity index (χ3n) is 4.28. The maximum absolute atomic E-state index is 12.7. The highest BCUT2D eigenvalue weighted by atomic mass is 16.5. The third-order valence-corrected chi connectivity index (χ3v) is 4.28. The Kier molecular flexibility index (Phi) is 7.71. The second-order valence-electron chi connectivity index (χ2n) is 6.26. The van der Waals surface area contributed by atoms with Crippen LogP contribution in [0.2, 0.25) is 0 Å². The summed E-state index contributed by atoms with van der Waals surface area (Å²) >= 11 is 0. The Hall–Kier alpha value is -2.10. The molecule has 1 aliphatic rings. The molecule has 1 fully saturated rings. The second kappa shape index (κ2) is 10.0. The average Bonchev–Trinajstić information content (AvgIpc) is 2.64. The van der Waals surface area contributed by atoms with E-state index in [4.69, 9.17) is 14.7 Å². The molecule has 2 rings (SSSR count). The molecule has 1 aromatic carbocycles. The van der Waals surface area contributed by atoms with E-state index >= 15 is 0 Å². The van der Waals surface area contributed by atoms with Crippen molar-refractivity contribution < 1.29 is 14.3 Å². The van der Waals surface area contributed by atoms with Gasteiger partial charge in [0.2, 0.25) is 0 Å². The van der Waals surface area contributed by atoms with Gasteiger partial charge in [0.25, 0.3) is 5.91 Å². The van der Waals surface area contributed by atoms with E-state index in [9.17, 15) is 4.79 Å². The topological polar surface area (TPSA) is 65.8 Å². The predicted octanol–water partition coefficient (Wildman–Crippen LogP) is 1.84. The van der Waals surface area contributed by atoms with Gasteiger partial charge in [-0.15, -0.1) is 0 Å². The summed E-state index contributed by atoms with van der Waals surface area (Å²) in [6.45, 7) is 8.83. The van der Waals surface area contributed by atoms with Crippen molar-refractivity contribution in [1.29, 1.82) is 5.26 Å². The van der Waals surface area contributed by atoms with E-state index in [-0.39, 0.29) is 5.91 Å². The smallest absolute Gasteiger partial charge is 0.263 e. The number of aryl methyl sites for hydroxylation is 1. The SMILES string of the molecule is Cc1ccc(OC(C)C(=O)N(CCC#N)CCN2CCOCC2)cc1. The summed E-state index contributed by atoms with van der Waals surface area (Å²) in [6, 6.07) is 9.77. The van der Waals surface area contributed by atoms with Crippen LogP contribution < -0.4 is 4.74 Å². The lowest BCUT2D eigenvalue weighted by molar-refractivity contribution is -0.138. The molecular weight excluding hydrogens is 318 g/mol. The Balaban J connectivity index is 1.90. The van der Waals surface area contributed by atoms with Gasteiger partial charge in [-0.25, -0.2) is 0 Å². The quantitative estimate of drug-likeness (QED) is 0.719. The van der Waals surface area contributed by atoms with Gasteiger partial charge >= 0.3 is 0 Å². The summed E-state index contributed by atoms with van der Waals surface area (Å²) in [6.07, 6.45) is -0.252. The van der Waals surface area contributed by atoms with E-state index in [0.717, 1.165) is 38.4 Å². The Morgan fingerprint density at radius 2 is 2.00 bits per heavy atom. The molecule has 25 heavy (non-hydrogen) atoms. The van der Waals surface area contributed by atoms with Crippen molar-refractivity contribution in [1.82, 2.24) is 9.80 Å². The second-order valence-corrected chi connectivity index (χ2v) is 6.26. The highest BCUT2D eigenvalue weighted by Crippen LogP contribution is 2.14. The van der Waals surface area contributed by atoms with Crippen molar-refractivity contribution in [3.63, 3.8) is 0 Å². The minimum atomic E-state index is -0.578. The molecule has 0 saturated carbocycles. The first-order valence-electron chi connectivity index (χ1n) is 8.79.